The van der Waals surface area contributed by atoms with Gasteiger partial charge in [0.2, 0.25) is 16.0 Å². The predicted octanol–water partition coefficient (Wildman–Crippen LogP) is 3.55. The first-order chi connectivity index (χ1) is 21.9. The zero-order chi connectivity index (χ0) is 35.5. The number of hydrogen-bond acceptors (Lipinski definition) is 14. The summed E-state index contributed by atoms with van der Waals surface area (Å²) in [6.07, 6.45) is -1.48. The molecule has 0 aliphatic heterocycles. The van der Waals surface area contributed by atoms with E-state index in [1.165, 1.54) is 50.4 Å². The van der Waals surface area contributed by atoms with Gasteiger partial charge < -0.3 is 24.6 Å². The Kier molecular flexibility index (Phi) is 14.5. The molecule has 0 saturated carbocycles. The molecular weight excluding hydrogens is 645 g/mol. The third-order valence-electron chi connectivity index (χ3n) is 7.08. The highest BCUT2D eigenvalue weighted by molar-refractivity contribution is 7.92. The number of rotatable bonds is 19. The summed E-state index contributed by atoms with van der Waals surface area (Å²) in [4.78, 5) is 51.4. The highest BCUT2D eigenvalue weighted by atomic mass is 32.2. The molecule has 0 saturated heterocycles. The van der Waals surface area contributed by atoms with E-state index in [4.69, 9.17) is 4.74 Å². The van der Waals surface area contributed by atoms with Gasteiger partial charge in [0, 0.05) is 24.6 Å². The summed E-state index contributed by atoms with van der Waals surface area (Å²) < 4.78 is 44.2. The van der Waals surface area contributed by atoms with E-state index in [0.717, 1.165) is 10.6 Å². The summed E-state index contributed by atoms with van der Waals surface area (Å²) in [6, 6.07) is 5.40. The smallest absolute Gasteiger partial charge is 0.308 e. The molecule has 2 rings (SSSR count). The van der Waals surface area contributed by atoms with E-state index < -0.39 is 63.7 Å². The minimum atomic E-state index is -3.71. The van der Waals surface area contributed by atoms with E-state index in [9.17, 15) is 42.8 Å². The molecule has 2 N–H and O–H groups in total. The van der Waals surface area contributed by atoms with Crippen LogP contribution in [0.25, 0.3) is 17.3 Å². The minimum absolute atomic E-state index is 0.0989. The number of carbonyl (C=O) groups is 1. The fourth-order valence-electron chi connectivity index (χ4n) is 4.50. The van der Waals surface area contributed by atoms with Crippen LogP contribution in [0.5, 0.6) is 0 Å². The van der Waals surface area contributed by atoms with Crippen LogP contribution in [0.1, 0.15) is 64.1 Å². The van der Waals surface area contributed by atoms with Gasteiger partial charge in [-0.2, -0.15) is 0 Å². The molecule has 0 spiro atoms. The van der Waals surface area contributed by atoms with Crippen LogP contribution in [-0.2, 0) is 29.2 Å². The van der Waals surface area contributed by atoms with Crippen LogP contribution in [0.2, 0.25) is 0 Å². The first kappa shape index (κ1) is 38.9. The fourth-order valence-corrected chi connectivity index (χ4v) is 4.88. The van der Waals surface area contributed by atoms with Crippen molar-refractivity contribution >= 4 is 28.0 Å². The zero-order valence-electron chi connectivity index (χ0n) is 26.8. The maximum absolute atomic E-state index is 13.7. The summed E-state index contributed by atoms with van der Waals surface area (Å²) in [5.74, 6) is -2.19. The van der Waals surface area contributed by atoms with Crippen LogP contribution in [0.15, 0.2) is 35.7 Å². The summed E-state index contributed by atoms with van der Waals surface area (Å²) >= 11 is 0. The number of sulfonamides is 1. The monoisotopic (exact) mass is 685 g/mol. The van der Waals surface area contributed by atoms with Gasteiger partial charge in [0.25, 0.3) is 5.09 Å². The third-order valence-corrected chi connectivity index (χ3v) is 8.24. The standard InChI is InChI=1S/C29H40FN5O11S/c1-17(2)26-24(27(20-7-9-21(30)10-8-20)32-29(31-26)34(5)47(6,42)43)12-11-22(36)15-23(37)16-25(38)44-14-13-18(3)28(46-35(40)41)19(4)45-33-39/h7-12,17-19,22-23,28,36-37H,13-16H2,1-6H3/b12-11+/t18?,19?,22?,23-,28?/m1/s1. The number of nitrogens with zero attached hydrogens (tertiary/aromatic N) is 5. The molecular formula is C29H40FN5O11S. The lowest BCUT2D eigenvalue weighted by Gasteiger charge is -2.25. The van der Waals surface area contributed by atoms with Crippen LogP contribution in [0.3, 0.4) is 0 Å². The second-order valence-corrected chi connectivity index (χ2v) is 13.3. The van der Waals surface area contributed by atoms with Crippen LogP contribution < -0.4 is 4.31 Å². The Labute approximate surface area is 271 Å². The predicted molar refractivity (Wildman–Crippen MR) is 168 cm³/mol. The summed E-state index contributed by atoms with van der Waals surface area (Å²) in [6.45, 7) is 6.41. The second-order valence-electron chi connectivity index (χ2n) is 11.2. The molecule has 0 radical (unpaired) electrons. The van der Waals surface area contributed by atoms with Crippen LogP contribution in [-0.4, -0.2) is 84.0 Å². The quantitative estimate of drug-likeness (QED) is 0.0936. The maximum atomic E-state index is 13.7. The third kappa shape index (κ3) is 12.1. The Bertz CT molecular complexity index is 1510. The van der Waals surface area contributed by atoms with Gasteiger partial charge in [0.15, 0.2) is 11.4 Å². The molecule has 260 valence electrons. The Hall–Kier alpha value is -4.29. The molecule has 0 fully saturated rings. The molecule has 0 aliphatic carbocycles. The fraction of sp³-hybridized carbons (Fsp3) is 0.552. The lowest BCUT2D eigenvalue weighted by molar-refractivity contribution is -0.772. The summed E-state index contributed by atoms with van der Waals surface area (Å²) in [7, 11) is -2.41. The van der Waals surface area contributed by atoms with Crippen molar-refractivity contribution in [3.63, 3.8) is 0 Å². The molecule has 16 nitrogen and oxygen atoms in total. The van der Waals surface area contributed by atoms with Crippen molar-refractivity contribution in [1.29, 1.82) is 0 Å². The molecule has 1 aromatic carbocycles. The van der Waals surface area contributed by atoms with E-state index in [0.29, 0.717) is 16.8 Å². The summed E-state index contributed by atoms with van der Waals surface area (Å²) in [5.41, 5.74) is 1.62. The number of aromatic nitrogens is 2. The van der Waals surface area contributed by atoms with Gasteiger partial charge in [-0.15, -0.1) is 15.0 Å². The molecule has 1 aromatic heterocycles. The first-order valence-electron chi connectivity index (χ1n) is 14.6. The molecule has 47 heavy (non-hydrogen) atoms. The highest BCUT2D eigenvalue weighted by Gasteiger charge is 2.30. The van der Waals surface area contributed by atoms with E-state index >= 15 is 0 Å². The SMILES string of the molecule is CC(C)c1nc(N(C)S(C)(=O)=O)nc(-c2ccc(F)cc2)c1/C=C/C(O)C[C@@H](O)CC(=O)OCCC(C)C(O[N+](=O)[O-])C(C)ON=O. The molecule has 5 atom stereocenters. The topological polar surface area (TPSA) is 221 Å². The van der Waals surface area contributed by atoms with Crippen molar-refractivity contribution in [2.75, 3.05) is 24.2 Å². The number of hydrogen-bond donors (Lipinski definition) is 2. The Morgan fingerprint density at radius 1 is 1.17 bits per heavy atom. The number of anilines is 1. The molecule has 0 bridgehead atoms. The van der Waals surface area contributed by atoms with Gasteiger partial charge >= 0.3 is 5.97 Å². The maximum Gasteiger partial charge on any atom is 0.308 e. The van der Waals surface area contributed by atoms with Gasteiger partial charge in [-0.25, -0.2) is 27.1 Å². The van der Waals surface area contributed by atoms with Gasteiger partial charge in [-0.1, -0.05) is 32.9 Å². The molecule has 0 aliphatic rings. The lowest BCUT2D eigenvalue weighted by atomic mass is 9.97. The van der Waals surface area contributed by atoms with Crippen molar-refractivity contribution in [3.05, 3.63) is 62.4 Å². The highest BCUT2D eigenvalue weighted by Crippen LogP contribution is 2.32. The number of esters is 1. The molecule has 0 amide bonds. The van der Waals surface area contributed by atoms with Crippen LogP contribution in [0.4, 0.5) is 10.3 Å². The molecule has 2 aromatic rings. The number of carbonyl (C=O) groups excluding carboxylic acids is 1. The van der Waals surface area contributed by atoms with E-state index in [2.05, 4.69) is 25.0 Å². The molecule has 1 heterocycles. The van der Waals surface area contributed by atoms with Gasteiger partial charge in [-0.05, 0) is 49.4 Å². The average Bonchev–Trinajstić information content (AvgIpc) is 2.97. The first-order valence-corrected chi connectivity index (χ1v) is 16.4. The number of benzene rings is 1. The van der Waals surface area contributed by atoms with E-state index in [1.807, 2.05) is 13.8 Å². The Morgan fingerprint density at radius 2 is 1.81 bits per heavy atom. The second kappa shape index (κ2) is 17.6. The minimum Gasteiger partial charge on any atom is -0.466 e. The molecule has 4 unspecified atom stereocenters. The number of halogens is 1. The van der Waals surface area contributed by atoms with Crippen molar-refractivity contribution in [1.82, 2.24) is 9.97 Å². The largest absolute Gasteiger partial charge is 0.466 e. The summed E-state index contributed by atoms with van der Waals surface area (Å²) in [5, 5.41) is 33.1. The molecule has 18 heteroatoms. The van der Waals surface area contributed by atoms with Gasteiger partial charge in [0.05, 0.1) is 42.9 Å². The average molecular weight is 686 g/mol. The van der Waals surface area contributed by atoms with E-state index in [-0.39, 0.29) is 37.0 Å². The zero-order valence-corrected chi connectivity index (χ0v) is 27.7. The van der Waals surface area contributed by atoms with Gasteiger partial charge in [0.1, 0.15) is 11.9 Å². The number of aliphatic hydroxyl groups excluding tert-OH is 2. The van der Waals surface area contributed by atoms with Crippen molar-refractivity contribution in [3.8, 4) is 11.3 Å². The van der Waals surface area contributed by atoms with Crippen molar-refractivity contribution < 1.29 is 47.3 Å². The Morgan fingerprint density at radius 3 is 2.36 bits per heavy atom. The number of ether oxygens (including phenoxy) is 1. The van der Waals surface area contributed by atoms with Crippen molar-refractivity contribution in [2.24, 2.45) is 11.3 Å². The van der Waals surface area contributed by atoms with Crippen LogP contribution >= 0.6 is 0 Å². The van der Waals surface area contributed by atoms with Crippen molar-refractivity contribution in [2.45, 2.75) is 77.3 Å². The van der Waals surface area contributed by atoms with Gasteiger partial charge in [-0.3, -0.25) is 4.79 Å². The van der Waals surface area contributed by atoms with Crippen LogP contribution in [0, 0.1) is 26.8 Å². The Balaban J connectivity index is 2.15. The lowest BCUT2D eigenvalue weighted by Crippen LogP contribution is -2.36. The number of aliphatic hydroxyl groups is 2. The normalized spacial score (nSPS) is 15.0. The van der Waals surface area contributed by atoms with E-state index in [1.54, 1.807) is 6.92 Å².